The normalized spacial score (nSPS) is 22.1. The van der Waals surface area contributed by atoms with Crippen molar-refractivity contribution < 1.29 is 9.47 Å². The maximum atomic E-state index is 5.73. The third-order valence-electron chi connectivity index (χ3n) is 6.47. The highest BCUT2D eigenvalue weighted by atomic mass is 127. The fraction of sp³-hybridized carbons (Fsp3) is 0.720. The van der Waals surface area contributed by atoms with E-state index in [9.17, 15) is 0 Å². The molecule has 2 saturated heterocycles. The average Bonchev–Trinajstić information content (AvgIpc) is 3.25. The first kappa shape index (κ1) is 27.3. The molecule has 6 nitrogen and oxygen atoms in total. The van der Waals surface area contributed by atoms with Gasteiger partial charge in [-0.3, -0.25) is 4.90 Å². The van der Waals surface area contributed by atoms with Gasteiger partial charge in [0.1, 0.15) is 0 Å². The van der Waals surface area contributed by atoms with Gasteiger partial charge < -0.3 is 19.7 Å². The van der Waals surface area contributed by atoms with Crippen molar-refractivity contribution in [2.75, 3.05) is 53.1 Å². The summed E-state index contributed by atoms with van der Waals surface area (Å²) in [5.74, 6) is 1.59. The second kappa shape index (κ2) is 15.1. The minimum Gasteiger partial charge on any atom is -0.382 e. The van der Waals surface area contributed by atoms with Crippen molar-refractivity contribution in [2.24, 2.45) is 10.9 Å². The topological polar surface area (TPSA) is 49.3 Å². The molecule has 0 radical (unpaired) electrons. The van der Waals surface area contributed by atoms with Gasteiger partial charge in [0.25, 0.3) is 0 Å². The van der Waals surface area contributed by atoms with E-state index in [0.717, 1.165) is 45.2 Å². The van der Waals surface area contributed by atoms with E-state index in [1.807, 2.05) is 0 Å². The van der Waals surface area contributed by atoms with Crippen LogP contribution in [0.2, 0.25) is 0 Å². The molecule has 0 amide bonds. The summed E-state index contributed by atoms with van der Waals surface area (Å²) in [6, 6.07) is 9.75. The highest BCUT2D eigenvalue weighted by Crippen LogP contribution is 2.20. The van der Waals surface area contributed by atoms with E-state index in [1.165, 1.54) is 36.9 Å². The first-order valence-electron chi connectivity index (χ1n) is 12.1. The van der Waals surface area contributed by atoms with Crippen molar-refractivity contribution in [3.63, 3.8) is 0 Å². The molecule has 2 fully saturated rings. The van der Waals surface area contributed by atoms with Crippen molar-refractivity contribution in [3.8, 4) is 0 Å². The lowest BCUT2D eigenvalue weighted by Crippen LogP contribution is -2.40. The summed E-state index contributed by atoms with van der Waals surface area (Å²) in [5.41, 5.74) is 2.67. The number of nitrogens with one attached hydrogen (secondary N) is 1. The Morgan fingerprint density at radius 1 is 1.09 bits per heavy atom. The van der Waals surface area contributed by atoms with E-state index < -0.39 is 0 Å². The Morgan fingerprint density at radius 3 is 2.59 bits per heavy atom. The number of nitrogens with zero attached hydrogens (tertiary/aromatic N) is 3. The van der Waals surface area contributed by atoms with Crippen LogP contribution in [0.15, 0.2) is 29.3 Å². The number of halogens is 1. The highest BCUT2D eigenvalue weighted by molar-refractivity contribution is 14.0. The van der Waals surface area contributed by atoms with Gasteiger partial charge in [0.15, 0.2) is 5.96 Å². The Labute approximate surface area is 212 Å². The van der Waals surface area contributed by atoms with Gasteiger partial charge >= 0.3 is 0 Å². The van der Waals surface area contributed by atoms with E-state index in [2.05, 4.69) is 53.2 Å². The van der Waals surface area contributed by atoms with E-state index in [4.69, 9.17) is 14.5 Å². The Balaban J connectivity index is 0.00000363. The Kier molecular flexibility index (Phi) is 12.9. The molecular formula is C25H43IN4O2. The van der Waals surface area contributed by atoms with Gasteiger partial charge in [0, 0.05) is 45.2 Å². The Bertz CT molecular complexity index is 670. The molecule has 0 spiro atoms. The third kappa shape index (κ3) is 8.80. The summed E-state index contributed by atoms with van der Waals surface area (Å²) in [4.78, 5) is 9.92. The monoisotopic (exact) mass is 558 g/mol. The number of guanidine groups is 1. The summed E-state index contributed by atoms with van der Waals surface area (Å²) in [6.45, 7) is 12.6. The van der Waals surface area contributed by atoms with Crippen LogP contribution in [0.4, 0.5) is 0 Å². The predicted molar refractivity (Wildman–Crippen MR) is 143 cm³/mol. The van der Waals surface area contributed by atoms with Crippen LogP contribution in [0.1, 0.15) is 50.7 Å². The van der Waals surface area contributed by atoms with Crippen molar-refractivity contribution >= 4 is 29.9 Å². The molecule has 182 valence electrons. The third-order valence-corrected chi connectivity index (χ3v) is 6.47. The second-order valence-electron chi connectivity index (χ2n) is 8.97. The summed E-state index contributed by atoms with van der Waals surface area (Å²) < 4.78 is 10.8. The lowest BCUT2D eigenvalue weighted by Gasteiger charge is -2.33. The van der Waals surface area contributed by atoms with E-state index in [0.29, 0.717) is 31.7 Å². The molecule has 2 unspecified atom stereocenters. The molecular weight excluding hydrogens is 515 g/mol. The summed E-state index contributed by atoms with van der Waals surface area (Å²) in [7, 11) is 1.71. The molecule has 2 heterocycles. The van der Waals surface area contributed by atoms with Crippen molar-refractivity contribution in [2.45, 2.75) is 58.7 Å². The summed E-state index contributed by atoms with van der Waals surface area (Å²) in [6.07, 6.45) is 5.19. The number of hydrogen-bond acceptors (Lipinski definition) is 4. The largest absolute Gasteiger partial charge is 0.382 e. The molecule has 1 N–H and O–H groups in total. The van der Waals surface area contributed by atoms with Crippen LogP contribution in [0.25, 0.3) is 0 Å². The van der Waals surface area contributed by atoms with E-state index in [1.54, 1.807) is 7.11 Å². The minimum atomic E-state index is 0. The Hall–Kier alpha value is -0.900. The zero-order valence-electron chi connectivity index (χ0n) is 20.2. The molecule has 1 aromatic carbocycles. The van der Waals surface area contributed by atoms with Crippen LogP contribution in [-0.2, 0) is 22.6 Å². The smallest absolute Gasteiger partial charge is 0.194 e. The van der Waals surface area contributed by atoms with E-state index >= 15 is 0 Å². The molecule has 0 aliphatic carbocycles. The van der Waals surface area contributed by atoms with Gasteiger partial charge in [-0.2, -0.15) is 0 Å². The molecule has 1 aromatic rings. The van der Waals surface area contributed by atoms with Crippen LogP contribution < -0.4 is 5.32 Å². The number of hydrogen-bond donors (Lipinski definition) is 1. The van der Waals surface area contributed by atoms with Gasteiger partial charge in [0.05, 0.1) is 26.4 Å². The van der Waals surface area contributed by atoms with Crippen LogP contribution in [-0.4, -0.2) is 74.9 Å². The number of rotatable bonds is 10. The Morgan fingerprint density at radius 2 is 1.88 bits per heavy atom. The number of likely N-dealkylation sites (tertiary alicyclic amines) is 2. The molecule has 2 atom stereocenters. The van der Waals surface area contributed by atoms with E-state index in [-0.39, 0.29) is 24.0 Å². The molecule has 0 saturated carbocycles. The minimum absolute atomic E-state index is 0. The zero-order chi connectivity index (χ0) is 21.9. The van der Waals surface area contributed by atoms with Gasteiger partial charge in [-0.15, -0.1) is 24.0 Å². The quantitative estimate of drug-likeness (QED) is 0.203. The van der Waals surface area contributed by atoms with Crippen LogP contribution in [0.5, 0.6) is 0 Å². The maximum Gasteiger partial charge on any atom is 0.194 e. The first-order valence-corrected chi connectivity index (χ1v) is 12.1. The number of benzene rings is 1. The first-order chi connectivity index (χ1) is 15.2. The predicted octanol–water partition coefficient (Wildman–Crippen LogP) is 4.13. The molecule has 3 rings (SSSR count). The number of piperidine rings is 1. The molecule has 2 aliphatic rings. The number of methoxy groups -OCH3 is 1. The number of aliphatic imine (C=N–C) groups is 1. The van der Waals surface area contributed by atoms with Gasteiger partial charge in [-0.05, 0) is 50.8 Å². The second-order valence-corrected chi connectivity index (χ2v) is 8.97. The molecule has 32 heavy (non-hydrogen) atoms. The molecule has 0 bridgehead atoms. The van der Waals surface area contributed by atoms with Gasteiger partial charge in [0.2, 0.25) is 0 Å². The standard InChI is InChI=1S/C25H42N4O2.HI/c1-4-26-25(29-14-12-24(19-29)20-31-16-15-30-3)27-17-22-8-10-23(11-9-22)18-28-13-6-5-7-21(28)2;/h8-11,21,24H,4-7,12-20H2,1-3H3,(H,26,27);1H. The van der Waals surface area contributed by atoms with Crippen LogP contribution >= 0.6 is 24.0 Å². The molecule has 2 aliphatic heterocycles. The van der Waals surface area contributed by atoms with Crippen molar-refractivity contribution in [1.82, 2.24) is 15.1 Å². The van der Waals surface area contributed by atoms with Gasteiger partial charge in [-0.25, -0.2) is 4.99 Å². The maximum absolute atomic E-state index is 5.73. The highest BCUT2D eigenvalue weighted by Gasteiger charge is 2.25. The number of ether oxygens (including phenoxy) is 2. The van der Waals surface area contributed by atoms with Crippen LogP contribution in [0.3, 0.4) is 0 Å². The zero-order valence-corrected chi connectivity index (χ0v) is 22.6. The fourth-order valence-corrected chi connectivity index (χ4v) is 4.52. The van der Waals surface area contributed by atoms with Gasteiger partial charge in [-0.1, -0.05) is 30.7 Å². The lowest BCUT2D eigenvalue weighted by molar-refractivity contribution is 0.0536. The summed E-state index contributed by atoms with van der Waals surface area (Å²) >= 11 is 0. The van der Waals surface area contributed by atoms with Crippen LogP contribution in [0, 0.1) is 5.92 Å². The average molecular weight is 559 g/mol. The SMILES string of the molecule is CCNC(=NCc1ccc(CN2CCCCC2C)cc1)N1CCC(COCCOC)C1.I. The molecule has 0 aromatic heterocycles. The van der Waals surface area contributed by atoms with Crippen molar-refractivity contribution in [3.05, 3.63) is 35.4 Å². The lowest BCUT2D eigenvalue weighted by atomic mass is 10.0. The van der Waals surface area contributed by atoms with Crippen molar-refractivity contribution in [1.29, 1.82) is 0 Å². The fourth-order valence-electron chi connectivity index (χ4n) is 4.52. The summed E-state index contributed by atoms with van der Waals surface area (Å²) in [5, 5.41) is 3.47. The molecule has 7 heteroatoms.